The van der Waals surface area contributed by atoms with E-state index in [9.17, 15) is 13.2 Å². The van der Waals surface area contributed by atoms with E-state index in [0.29, 0.717) is 0 Å². The van der Waals surface area contributed by atoms with E-state index in [1.807, 2.05) is 0 Å². The summed E-state index contributed by atoms with van der Waals surface area (Å²) in [5.74, 6) is -0.0353. The molecular formula is C13H15F3O. The number of ether oxygens (including phenoxy) is 1. The third-order valence-electron chi connectivity index (χ3n) is 3.04. The Morgan fingerprint density at radius 1 is 1.00 bits per heavy atom. The van der Waals surface area contributed by atoms with Crippen molar-refractivity contribution in [3.8, 4) is 5.75 Å². The van der Waals surface area contributed by atoms with Crippen LogP contribution in [0.25, 0.3) is 0 Å². The van der Waals surface area contributed by atoms with Crippen LogP contribution in [-0.2, 0) is 6.18 Å². The van der Waals surface area contributed by atoms with Gasteiger partial charge in [0, 0.05) is 0 Å². The number of hydrogen-bond acceptors (Lipinski definition) is 1. The fourth-order valence-electron chi connectivity index (χ4n) is 2.17. The second-order valence-corrected chi connectivity index (χ2v) is 4.37. The number of hydrogen-bond donors (Lipinski definition) is 0. The van der Waals surface area contributed by atoms with Crippen LogP contribution in [0.5, 0.6) is 5.75 Å². The van der Waals surface area contributed by atoms with E-state index in [-0.39, 0.29) is 11.9 Å². The summed E-state index contributed by atoms with van der Waals surface area (Å²) >= 11 is 0. The van der Waals surface area contributed by atoms with Gasteiger partial charge in [-0.2, -0.15) is 13.2 Å². The Bertz CT molecular complexity index is 367. The van der Waals surface area contributed by atoms with Gasteiger partial charge in [0.25, 0.3) is 0 Å². The molecule has 1 aliphatic carbocycles. The molecule has 0 saturated heterocycles. The average molecular weight is 244 g/mol. The van der Waals surface area contributed by atoms with Gasteiger partial charge in [-0.05, 0) is 37.8 Å². The van der Waals surface area contributed by atoms with Crippen molar-refractivity contribution < 1.29 is 17.9 Å². The van der Waals surface area contributed by atoms with Crippen molar-refractivity contribution in [2.75, 3.05) is 0 Å². The highest BCUT2D eigenvalue weighted by atomic mass is 19.4. The molecule has 0 atom stereocenters. The van der Waals surface area contributed by atoms with Crippen molar-refractivity contribution >= 4 is 0 Å². The Morgan fingerprint density at radius 2 is 1.65 bits per heavy atom. The Morgan fingerprint density at radius 3 is 2.29 bits per heavy atom. The van der Waals surface area contributed by atoms with Crippen LogP contribution in [0.15, 0.2) is 24.3 Å². The van der Waals surface area contributed by atoms with Gasteiger partial charge in [-0.1, -0.05) is 18.6 Å². The lowest BCUT2D eigenvalue weighted by atomic mass is 9.97. The summed E-state index contributed by atoms with van der Waals surface area (Å²) in [6.07, 6.45) is 0.537. The van der Waals surface area contributed by atoms with Crippen LogP contribution < -0.4 is 4.74 Å². The van der Waals surface area contributed by atoms with Gasteiger partial charge in [0.2, 0.25) is 0 Å². The minimum Gasteiger partial charge on any atom is -0.490 e. The minimum absolute atomic E-state index is 0.0353. The molecule has 0 spiro atoms. The maximum atomic E-state index is 12.7. The Hall–Kier alpha value is -1.19. The predicted octanol–water partition coefficient (Wildman–Crippen LogP) is 4.42. The molecule has 0 aromatic heterocycles. The lowest BCUT2D eigenvalue weighted by Gasteiger charge is -2.24. The van der Waals surface area contributed by atoms with E-state index in [2.05, 4.69) is 0 Å². The largest absolute Gasteiger partial charge is 0.490 e. The van der Waals surface area contributed by atoms with E-state index >= 15 is 0 Å². The summed E-state index contributed by atoms with van der Waals surface area (Å²) in [6, 6.07) is 5.43. The smallest absolute Gasteiger partial charge is 0.419 e. The molecular weight excluding hydrogens is 229 g/mol. The molecule has 0 amide bonds. The molecule has 2 rings (SSSR count). The third kappa shape index (κ3) is 3.14. The highest BCUT2D eigenvalue weighted by molar-refractivity contribution is 5.35. The molecule has 0 unspecified atom stereocenters. The van der Waals surface area contributed by atoms with Gasteiger partial charge >= 0.3 is 6.18 Å². The normalized spacial score (nSPS) is 18.1. The molecule has 0 radical (unpaired) electrons. The quantitative estimate of drug-likeness (QED) is 0.748. The number of rotatable bonds is 2. The summed E-state index contributed by atoms with van der Waals surface area (Å²) in [7, 11) is 0. The van der Waals surface area contributed by atoms with E-state index in [4.69, 9.17) is 4.74 Å². The molecule has 1 aliphatic rings. The number of para-hydroxylation sites is 1. The lowest BCUT2D eigenvalue weighted by molar-refractivity contribution is -0.139. The van der Waals surface area contributed by atoms with Crippen molar-refractivity contribution in [3.63, 3.8) is 0 Å². The number of benzene rings is 1. The van der Waals surface area contributed by atoms with Gasteiger partial charge in [0.05, 0.1) is 11.7 Å². The molecule has 1 aromatic rings. The second-order valence-electron chi connectivity index (χ2n) is 4.37. The number of halogens is 3. The first kappa shape index (κ1) is 12.3. The van der Waals surface area contributed by atoms with Gasteiger partial charge in [-0.3, -0.25) is 0 Å². The van der Waals surface area contributed by atoms with Crippen LogP contribution in [-0.4, -0.2) is 6.10 Å². The Balaban J connectivity index is 2.14. The molecule has 0 N–H and O–H groups in total. The fourth-order valence-corrected chi connectivity index (χ4v) is 2.17. The zero-order valence-electron chi connectivity index (χ0n) is 9.46. The van der Waals surface area contributed by atoms with Gasteiger partial charge in [0.15, 0.2) is 0 Å². The molecule has 0 bridgehead atoms. The SMILES string of the molecule is FC(F)(F)c1ccccc1OC1CCCCC1. The number of alkyl halides is 3. The zero-order chi connectivity index (χ0) is 12.3. The van der Waals surface area contributed by atoms with Crippen LogP contribution >= 0.6 is 0 Å². The van der Waals surface area contributed by atoms with Crippen LogP contribution in [0.4, 0.5) is 13.2 Å². The Labute approximate surface area is 98.6 Å². The third-order valence-corrected chi connectivity index (χ3v) is 3.04. The van der Waals surface area contributed by atoms with Gasteiger partial charge < -0.3 is 4.74 Å². The maximum absolute atomic E-state index is 12.7. The fraction of sp³-hybridized carbons (Fsp3) is 0.538. The van der Waals surface area contributed by atoms with Gasteiger partial charge in [-0.25, -0.2) is 0 Å². The summed E-state index contributed by atoms with van der Waals surface area (Å²) in [4.78, 5) is 0. The molecule has 1 nitrogen and oxygen atoms in total. The first-order valence-electron chi connectivity index (χ1n) is 5.90. The molecule has 1 aromatic carbocycles. The van der Waals surface area contributed by atoms with Crippen LogP contribution in [0.2, 0.25) is 0 Å². The predicted molar refractivity (Wildman–Crippen MR) is 58.9 cm³/mol. The monoisotopic (exact) mass is 244 g/mol. The first-order chi connectivity index (χ1) is 8.07. The van der Waals surface area contributed by atoms with Crippen molar-refractivity contribution in [1.82, 2.24) is 0 Å². The van der Waals surface area contributed by atoms with Crippen molar-refractivity contribution in [2.45, 2.75) is 44.4 Å². The molecule has 0 heterocycles. The summed E-state index contributed by atoms with van der Waals surface area (Å²) in [6.45, 7) is 0. The standard InChI is InChI=1S/C13H15F3O/c14-13(15,16)11-8-4-5-9-12(11)17-10-6-2-1-3-7-10/h4-5,8-10H,1-3,6-7H2. The molecule has 0 aliphatic heterocycles. The van der Waals surface area contributed by atoms with E-state index in [1.165, 1.54) is 12.1 Å². The lowest BCUT2D eigenvalue weighted by Crippen LogP contribution is -2.21. The summed E-state index contributed by atoms with van der Waals surface area (Å²) in [5.41, 5.74) is -0.675. The van der Waals surface area contributed by atoms with Crippen LogP contribution in [0.3, 0.4) is 0 Å². The molecule has 94 valence electrons. The van der Waals surface area contributed by atoms with E-state index in [1.54, 1.807) is 6.07 Å². The van der Waals surface area contributed by atoms with Crippen LogP contribution in [0, 0.1) is 0 Å². The molecule has 1 fully saturated rings. The maximum Gasteiger partial charge on any atom is 0.419 e. The highest BCUT2D eigenvalue weighted by Gasteiger charge is 2.34. The molecule has 4 heteroatoms. The average Bonchev–Trinajstić information content (AvgIpc) is 2.30. The Kier molecular flexibility index (Phi) is 3.60. The van der Waals surface area contributed by atoms with Crippen LogP contribution in [0.1, 0.15) is 37.7 Å². The zero-order valence-corrected chi connectivity index (χ0v) is 9.46. The van der Waals surface area contributed by atoms with Gasteiger partial charge in [0.1, 0.15) is 5.75 Å². The van der Waals surface area contributed by atoms with E-state index < -0.39 is 11.7 Å². The van der Waals surface area contributed by atoms with Gasteiger partial charge in [-0.15, -0.1) is 0 Å². The summed E-state index contributed by atoms with van der Waals surface area (Å²) < 4.78 is 43.7. The van der Waals surface area contributed by atoms with Crippen molar-refractivity contribution in [1.29, 1.82) is 0 Å². The van der Waals surface area contributed by atoms with Crippen molar-refractivity contribution in [2.24, 2.45) is 0 Å². The minimum atomic E-state index is -4.34. The van der Waals surface area contributed by atoms with E-state index in [0.717, 1.165) is 38.2 Å². The molecule has 1 saturated carbocycles. The van der Waals surface area contributed by atoms with Crippen molar-refractivity contribution in [3.05, 3.63) is 29.8 Å². The summed E-state index contributed by atoms with van der Waals surface area (Å²) in [5, 5.41) is 0. The highest BCUT2D eigenvalue weighted by Crippen LogP contribution is 2.37. The topological polar surface area (TPSA) is 9.23 Å². The second kappa shape index (κ2) is 4.98. The molecule has 17 heavy (non-hydrogen) atoms. The first-order valence-corrected chi connectivity index (χ1v) is 5.90.